The summed E-state index contributed by atoms with van der Waals surface area (Å²) in [4.78, 5) is 15.9. The molecule has 9 heteroatoms. The van der Waals surface area contributed by atoms with Gasteiger partial charge in [0, 0.05) is 43.8 Å². The third-order valence-corrected chi connectivity index (χ3v) is 13.6. The highest BCUT2D eigenvalue weighted by atomic mass is 16.3. The Morgan fingerprint density at radius 3 is 1.58 bits per heavy atom. The zero-order valence-electron chi connectivity index (χ0n) is 37.8. The van der Waals surface area contributed by atoms with Crippen LogP contribution < -0.4 is 16.4 Å². The van der Waals surface area contributed by atoms with Gasteiger partial charge in [0.2, 0.25) is 5.95 Å². The van der Waals surface area contributed by atoms with Crippen molar-refractivity contribution in [2.45, 2.75) is 33.1 Å². The molecule has 0 amide bonds. The van der Waals surface area contributed by atoms with Crippen molar-refractivity contribution in [2.24, 2.45) is 0 Å². The van der Waals surface area contributed by atoms with Crippen molar-refractivity contribution in [2.75, 3.05) is 0 Å². The van der Waals surface area contributed by atoms with Crippen LogP contribution in [0.3, 0.4) is 0 Å². The number of para-hydroxylation sites is 2. The van der Waals surface area contributed by atoms with E-state index < -0.39 is 0 Å². The number of rotatable bonds is 6. The monoisotopic (exact) mass is 837 g/mol. The van der Waals surface area contributed by atoms with Crippen LogP contribution in [-0.4, -0.2) is 52.7 Å². The van der Waals surface area contributed by atoms with Gasteiger partial charge in [-0.2, -0.15) is 9.97 Å². The van der Waals surface area contributed by atoms with Gasteiger partial charge in [0.15, 0.2) is 11.6 Å². The first-order valence-electron chi connectivity index (χ1n) is 22.4. The fraction of sp³-hybridized carbons (Fsp3) is 0.0893. The number of fused-ring (bicyclic) bond motifs is 7. The highest BCUT2D eigenvalue weighted by Gasteiger charge is 2.28. The first-order valence-corrected chi connectivity index (χ1v) is 22.4. The fourth-order valence-electron chi connectivity index (χ4n) is 9.83. The minimum Gasteiger partial charge on any atom is -0.508 e. The van der Waals surface area contributed by atoms with Crippen molar-refractivity contribution in [3.05, 3.63) is 175 Å². The molecule has 8 aromatic carbocycles. The molecule has 0 fully saturated rings. The average Bonchev–Trinajstić information content (AvgIpc) is 3.86. The predicted molar refractivity (Wildman–Crippen MR) is 280 cm³/mol. The molecule has 3 aromatic heterocycles. The fourth-order valence-corrected chi connectivity index (χ4v) is 9.83. The van der Waals surface area contributed by atoms with Crippen molar-refractivity contribution < 1.29 is 5.11 Å². The van der Waals surface area contributed by atoms with Crippen LogP contribution in [0.25, 0.3) is 100 Å². The second-order valence-corrected chi connectivity index (χ2v) is 18.3. The molecule has 310 valence electrons. The van der Waals surface area contributed by atoms with Crippen LogP contribution in [0.5, 0.6) is 5.75 Å². The van der Waals surface area contributed by atoms with Gasteiger partial charge in [-0.05, 0) is 52.7 Å². The van der Waals surface area contributed by atoms with Gasteiger partial charge in [-0.15, -0.1) is 0 Å². The number of phenols is 1. The zero-order chi connectivity index (χ0) is 44.7. The summed E-state index contributed by atoms with van der Waals surface area (Å²) < 4.78 is 4.66. The number of aromatic hydroxyl groups is 1. The molecule has 65 heavy (non-hydrogen) atoms. The number of aromatic nitrogens is 5. The summed E-state index contributed by atoms with van der Waals surface area (Å²) >= 11 is 0. The van der Waals surface area contributed by atoms with Gasteiger partial charge in [-0.3, -0.25) is 4.57 Å². The second kappa shape index (κ2) is 15.3. The Kier molecular flexibility index (Phi) is 9.44. The van der Waals surface area contributed by atoms with E-state index in [-0.39, 0.29) is 5.41 Å². The van der Waals surface area contributed by atoms with Crippen molar-refractivity contribution in [1.82, 2.24) is 24.1 Å². The maximum atomic E-state index is 12.4. The molecule has 11 rings (SSSR count). The van der Waals surface area contributed by atoms with Crippen molar-refractivity contribution in [3.63, 3.8) is 0 Å². The minimum absolute atomic E-state index is 0.000175. The summed E-state index contributed by atoms with van der Waals surface area (Å²) in [5, 5.41) is 16.8. The van der Waals surface area contributed by atoms with E-state index in [2.05, 4.69) is 198 Å². The first kappa shape index (κ1) is 40.2. The lowest BCUT2D eigenvalue weighted by Gasteiger charge is -2.24. The van der Waals surface area contributed by atoms with Crippen molar-refractivity contribution in [3.8, 4) is 62.4 Å². The van der Waals surface area contributed by atoms with Crippen LogP contribution in [-0.2, 0) is 5.41 Å². The molecule has 3 heterocycles. The molecule has 11 aromatic rings. The Morgan fingerprint density at radius 1 is 0.462 bits per heavy atom. The molecule has 0 aliphatic carbocycles. The standard InChI is InChI=1S/C56H46B3N5O/c1-32-47(57)49(59)46(52(65)48(32)58)45-37(33-16-7-5-8-17-33)22-15-25-44(45)63-42-23-13-11-20-38(42)40-30-31-41-39-21-12-14-24-43(39)64(51(41)50(40)63)55-61-53(34-18-9-6-10-19-34)60-54(62-55)35-26-28-36(29-27-35)56(2,3)4/h5-31,65H,57-59H2,1-4H3. The molecule has 0 radical (unpaired) electrons. The third kappa shape index (κ3) is 6.40. The van der Waals surface area contributed by atoms with Gasteiger partial charge >= 0.3 is 0 Å². The lowest BCUT2D eigenvalue weighted by molar-refractivity contribution is 0.482. The number of nitrogens with zero attached hydrogens (tertiary/aromatic N) is 5. The van der Waals surface area contributed by atoms with Gasteiger partial charge in [-0.1, -0.05) is 183 Å². The quantitative estimate of drug-likeness (QED) is 0.170. The van der Waals surface area contributed by atoms with Crippen LogP contribution in [0.4, 0.5) is 0 Å². The Hall–Kier alpha value is -7.64. The summed E-state index contributed by atoms with van der Waals surface area (Å²) in [6, 6.07) is 57.6. The molecule has 1 N–H and O–H groups in total. The van der Waals surface area contributed by atoms with Crippen LogP contribution >= 0.6 is 0 Å². The van der Waals surface area contributed by atoms with Crippen LogP contribution in [0, 0.1) is 6.92 Å². The van der Waals surface area contributed by atoms with E-state index in [4.69, 9.17) is 15.0 Å². The number of hydrogen-bond donors (Lipinski definition) is 1. The van der Waals surface area contributed by atoms with Gasteiger partial charge in [0.25, 0.3) is 0 Å². The first-order chi connectivity index (χ1) is 31.5. The molecule has 0 spiro atoms. The molecule has 0 saturated carbocycles. The average molecular weight is 837 g/mol. The molecule has 0 atom stereocenters. The molecule has 0 bridgehead atoms. The molecular weight excluding hydrogens is 791 g/mol. The molecule has 0 aliphatic rings. The van der Waals surface area contributed by atoms with Gasteiger partial charge in [-0.25, -0.2) is 4.98 Å². The smallest absolute Gasteiger partial charge is 0.238 e. The summed E-state index contributed by atoms with van der Waals surface area (Å²) in [6.07, 6.45) is 0. The summed E-state index contributed by atoms with van der Waals surface area (Å²) in [6.45, 7) is 8.79. The Morgan fingerprint density at radius 2 is 0.985 bits per heavy atom. The number of hydrogen-bond acceptors (Lipinski definition) is 4. The highest BCUT2D eigenvalue weighted by Crippen LogP contribution is 2.46. The summed E-state index contributed by atoms with van der Waals surface area (Å²) in [7, 11) is 6.34. The normalized spacial score (nSPS) is 11.9. The molecule has 6 nitrogen and oxygen atoms in total. The van der Waals surface area contributed by atoms with Gasteiger partial charge in [0.1, 0.15) is 29.3 Å². The largest absolute Gasteiger partial charge is 0.508 e. The minimum atomic E-state index is -0.000175. The van der Waals surface area contributed by atoms with E-state index in [1.54, 1.807) is 0 Å². The zero-order valence-corrected chi connectivity index (χ0v) is 37.8. The van der Waals surface area contributed by atoms with E-state index in [0.717, 1.165) is 99.2 Å². The van der Waals surface area contributed by atoms with Crippen molar-refractivity contribution >= 4 is 83.5 Å². The van der Waals surface area contributed by atoms with Gasteiger partial charge in [0.05, 0.1) is 27.8 Å². The maximum Gasteiger partial charge on any atom is 0.238 e. The van der Waals surface area contributed by atoms with E-state index in [9.17, 15) is 5.11 Å². The van der Waals surface area contributed by atoms with Crippen LogP contribution in [0.1, 0.15) is 31.9 Å². The number of benzene rings is 8. The van der Waals surface area contributed by atoms with E-state index in [1.165, 1.54) is 11.0 Å². The van der Waals surface area contributed by atoms with E-state index in [1.807, 2.05) is 26.0 Å². The lowest BCUT2D eigenvalue weighted by Crippen LogP contribution is -2.36. The van der Waals surface area contributed by atoms with E-state index >= 15 is 0 Å². The SMILES string of the molecule is Bc1c(B)c(-c2c(-c3ccccc3)cccc2-n2c3ccccc3c3ccc4c5ccccc5n(-c5nc(-c6ccccc6)nc(-c6ccc(C(C)(C)C)cc6)n5)c4c32)c(O)c(B)c1C. The topological polar surface area (TPSA) is 68.8 Å². The third-order valence-electron chi connectivity index (χ3n) is 13.6. The predicted octanol–water partition coefficient (Wildman–Crippen LogP) is 8.82. The van der Waals surface area contributed by atoms with Crippen molar-refractivity contribution in [1.29, 1.82) is 0 Å². The second-order valence-electron chi connectivity index (χ2n) is 18.3. The highest BCUT2D eigenvalue weighted by molar-refractivity contribution is 6.54. The lowest BCUT2D eigenvalue weighted by atomic mass is 9.68. The number of phenolic OH excluding ortho intramolecular Hbond substituents is 1. The van der Waals surface area contributed by atoms with Crippen LogP contribution in [0.15, 0.2) is 164 Å². The molecule has 0 saturated heterocycles. The maximum absolute atomic E-state index is 12.4. The summed E-state index contributed by atoms with van der Waals surface area (Å²) in [5.41, 5.74) is 16.2. The van der Waals surface area contributed by atoms with Gasteiger partial charge < -0.3 is 9.67 Å². The molecular formula is C56H46B3N5O. The van der Waals surface area contributed by atoms with Crippen LogP contribution in [0.2, 0.25) is 0 Å². The van der Waals surface area contributed by atoms with E-state index in [0.29, 0.717) is 23.3 Å². The Bertz CT molecular complexity index is 3660. The molecule has 0 aliphatic heterocycles. The Labute approximate surface area is 381 Å². The molecule has 0 unspecified atom stereocenters. The Balaban J connectivity index is 1.31. The summed E-state index contributed by atoms with van der Waals surface area (Å²) in [5.74, 6) is 2.03.